The van der Waals surface area contributed by atoms with Crippen LogP contribution in [-0.4, -0.2) is 7.11 Å². The third kappa shape index (κ3) is 2.66. The van der Waals surface area contributed by atoms with E-state index in [4.69, 9.17) is 4.74 Å². The van der Waals surface area contributed by atoms with Gasteiger partial charge < -0.3 is 4.74 Å². The van der Waals surface area contributed by atoms with Gasteiger partial charge in [0.05, 0.1) is 7.11 Å². The normalized spacial score (nSPS) is 13.3. The first-order valence-corrected chi connectivity index (χ1v) is 5.71. The average molecular weight is 218 g/mol. The Kier molecular flexibility index (Phi) is 3.79. The van der Waals surface area contributed by atoms with Crippen LogP contribution < -0.4 is 4.74 Å². The summed E-state index contributed by atoms with van der Waals surface area (Å²) in [5, 5.41) is 0. The van der Waals surface area contributed by atoms with Gasteiger partial charge in [0.1, 0.15) is 5.75 Å². The Labute approximate surface area is 99.1 Å². The summed E-state index contributed by atoms with van der Waals surface area (Å²) in [7, 11) is 1.73. The van der Waals surface area contributed by atoms with Crippen molar-refractivity contribution in [2.75, 3.05) is 7.11 Å². The summed E-state index contributed by atoms with van der Waals surface area (Å²) in [6.45, 7) is 12.5. The van der Waals surface area contributed by atoms with E-state index < -0.39 is 0 Å². The minimum Gasteiger partial charge on any atom is -0.496 e. The lowest BCUT2D eigenvalue weighted by molar-refractivity contribution is 0.397. The van der Waals surface area contributed by atoms with Crippen LogP contribution in [0.25, 0.3) is 0 Å². The van der Waals surface area contributed by atoms with Crippen LogP contribution in [0.1, 0.15) is 44.7 Å². The quantitative estimate of drug-likeness (QED) is 0.688. The van der Waals surface area contributed by atoms with Gasteiger partial charge in [-0.2, -0.15) is 0 Å². The molecule has 0 heterocycles. The second-order valence-electron chi connectivity index (χ2n) is 5.23. The minimum atomic E-state index is 0.112. The molecule has 0 aromatic heterocycles. The summed E-state index contributed by atoms with van der Waals surface area (Å²) in [6.07, 6.45) is 1.95. The van der Waals surface area contributed by atoms with Gasteiger partial charge in [-0.3, -0.25) is 0 Å². The van der Waals surface area contributed by atoms with Gasteiger partial charge in [-0.1, -0.05) is 45.9 Å². The van der Waals surface area contributed by atoms with Gasteiger partial charge in [0.25, 0.3) is 0 Å². The second kappa shape index (κ2) is 4.73. The molecule has 1 rings (SSSR count). The number of benzene rings is 1. The molecule has 0 saturated heterocycles. The molecule has 0 amide bonds. The highest BCUT2D eigenvalue weighted by molar-refractivity contribution is 5.43. The van der Waals surface area contributed by atoms with Crippen molar-refractivity contribution in [3.05, 3.63) is 42.0 Å². The van der Waals surface area contributed by atoms with Crippen LogP contribution in [0.2, 0.25) is 0 Å². The summed E-state index contributed by atoms with van der Waals surface area (Å²) in [5.74, 6) is 1.33. The Hall–Kier alpha value is -1.24. The predicted octanol–water partition coefficient (Wildman–Crippen LogP) is 4.28. The van der Waals surface area contributed by atoms with Crippen LogP contribution in [0, 0.1) is 0 Å². The van der Waals surface area contributed by atoms with Crippen molar-refractivity contribution in [2.45, 2.75) is 39.0 Å². The first-order valence-electron chi connectivity index (χ1n) is 5.71. The maximum atomic E-state index is 5.47. The minimum absolute atomic E-state index is 0.112. The highest BCUT2D eigenvalue weighted by Crippen LogP contribution is 2.33. The summed E-state index contributed by atoms with van der Waals surface area (Å²) in [5.41, 5.74) is 2.61. The van der Waals surface area contributed by atoms with Gasteiger partial charge in [0, 0.05) is 0 Å². The van der Waals surface area contributed by atoms with E-state index in [9.17, 15) is 0 Å². The largest absolute Gasteiger partial charge is 0.496 e. The maximum absolute atomic E-state index is 5.47. The second-order valence-corrected chi connectivity index (χ2v) is 5.23. The van der Waals surface area contributed by atoms with Gasteiger partial charge in [0.15, 0.2) is 0 Å². The molecule has 1 nitrogen and oxygen atoms in total. The molecule has 1 unspecified atom stereocenters. The number of allylic oxidation sites excluding steroid dienone is 1. The predicted molar refractivity (Wildman–Crippen MR) is 70.3 cm³/mol. The van der Waals surface area contributed by atoms with Crippen molar-refractivity contribution in [1.29, 1.82) is 0 Å². The highest BCUT2D eigenvalue weighted by atomic mass is 16.5. The van der Waals surface area contributed by atoms with Crippen molar-refractivity contribution >= 4 is 0 Å². The van der Waals surface area contributed by atoms with Crippen LogP contribution in [0.3, 0.4) is 0 Å². The lowest BCUT2D eigenvalue weighted by atomic mass is 9.85. The highest BCUT2D eigenvalue weighted by Gasteiger charge is 2.19. The molecule has 0 N–H and O–H groups in total. The Bertz CT molecular complexity index is 372. The third-order valence-corrected chi connectivity index (χ3v) is 2.91. The van der Waals surface area contributed by atoms with E-state index in [-0.39, 0.29) is 5.41 Å². The van der Waals surface area contributed by atoms with E-state index in [0.717, 1.165) is 5.75 Å². The van der Waals surface area contributed by atoms with Crippen molar-refractivity contribution in [1.82, 2.24) is 0 Å². The molecule has 0 radical (unpaired) electrons. The van der Waals surface area contributed by atoms with E-state index >= 15 is 0 Å². The lowest BCUT2D eigenvalue weighted by Crippen LogP contribution is -2.13. The fraction of sp³-hybridized carbons (Fsp3) is 0.467. The van der Waals surface area contributed by atoms with Crippen molar-refractivity contribution in [3.63, 3.8) is 0 Å². The Morgan fingerprint density at radius 1 is 1.31 bits per heavy atom. The summed E-state index contributed by atoms with van der Waals surface area (Å²) >= 11 is 0. The Morgan fingerprint density at radius 3 is 2.38 bits per heavy atom. The molecule has 0 fully saturated rings. The topological polar surface area (TPSA) is 9.23 Å². The molecule has 1 aromatic rings. The molecule has 88 valence electrons. The molecule has 1 aromatic carbocycles. The number of hydrogen-bond donors (Lipinski definition) is 0. The van der Waals surface area contributed by atoms with E-state index in [0.29, 0.717) is 5.92 Å². The zero-order valence-electron chi connectivity index (χ0n) is 11.0. The van der Waals surface area contributed by atoms with Gasteiger partial charge in [-0.25, -0.2) is 0 Å². The smallest absolute Gasteiger partial charge is 0.122 e. The molecule has 0 spiro atoms. The van der Waals surface area contributed by atoms with Crippen molar-refractivity contribution in [2.24, 2.45) is 0 Å². The van der Waals surface area contributed by atoms with Crippen molar-refractivity contribution in [3.8, 4) is 5.75 Å². The van der Waals surface area contributed by atoms with Gasteiger partial charge in [0.2, 0.25) is 0 Å². The molecule has 16 heavy (non-hydrogen) atoms. The number of methoxy groups -OCH3 is 1. The van der Waals surface area contributed by atoms with Crippen LogP contribution >= 0.6 is 0 Å². The molecule has 1 heteroatoms. The van der Waals surface area contributed by atoms with Crippen LogP contribution in [0.4, 0.5) is 0 Å². The first kappa shape index (κ1) is 12.8. The standard InChI is InChI=1S/C15H22O/c1-7-11(2)12-8-9-13(15(3,4)5)14(10-12)16-6/h7-11H,1H2,2-6H3. The Morgan fingerprint density at radius 2 is 1.94 bits per heavy atom. The fourth-order valence-corrected chi connectivity index (χ4v) is 1.75. The maximum Gasteiger partial charge on any atom is 0.122 e. The Balaban J connectivity index is 3.22. The molecule has 0 aliphatic heterocycles. The summed E-state index contributed by atoms with van der Waals surface area (Å²) in [4.78, 5) is 0. The van der Waals surface area contributed by atoms with E-state index in [2.05, 4.69) is 52.5 Å². The zero-order valence-corrected chi connectivity index (χ0v) is 11.0. The SMILES string of the molecule is C=CC(C)c1ccc(C(C)(C)C)c(OC)c1. The number of ether oxygens (including phenoxy) is 1. The molecular weight excluding hydrogens is 196 g/mol. The van der Waals surface area contributed by atoms with Crippen LogP contribution in [0.5, 0.6) is 5.75 Å². The number of hydrogen-bond acceptors (Lipinski definition) is 1. The van der Waals surface area contributed by atoms with Crippen LogP contribution in [0.15, 0.2) is 30.9 Å². The summed E-state index contributed by atoms with van der Waals surface area (Å²) in [6, 6.07) is 6.44. The monoisotopic (exact) mass is 218 g/mol. The molecule has 0 bridgehead atoms. The lowest BCUT2D eigenvalue weighted by Gasteiger charge is -2.23. The molecule has 0 saturated carbocycles. The van der Waals surface area contributed by atoms with Gasteiger partial charge in [-0.05, 0) is 28.5 Å². The third-order valence-electron chi connectivity index (χ3n) is 2.91. The van der Waals surface area contributed by atoms with E-state index in [1.165, 1.54) is 11.1 Å². The first-order chi connectivity index (χ1) is 7.40. The van der Waals surface area contributed by atoms with E-state index in [1.807, 2.05) is 6.08 Å². The van der Waals surface area contributed by atoms with E-state index in [1.54, 1.807) is 7.11 Å². The number of rotatable bonds is 3. The molecule has 0 aliphatic rings. The molecule has 0 aliphatic carbocycles. The van der Waals surface area contributed by atoms with Crippen LogP contribution in [-0.2, 0) is 5.41 Å². The van der Waals surface area contributed by atoms with Crippen molar-refractivity contribution < 1.29 is 4.74 Å². The van der Waals surface area contributed by atoms with Gasteiger partial charge >= 0.3 is 0 Å². The fourth-order valence-electron chi connectivity index (χ4n) is 1.75. The average Bonchev–Trinajstić information content (AvgIpc) is 2.25. The molecule has 1 atom stereocenters. The zero-order chi connectivity index (χ0) is 12.3. The summed E-state index contributed by atoms with van der Waals surface area (Å²) < 4.78 is 5.47. The van der Waals surface area contributed by atoms with Gasteiger partial charge in [-0.15, -0.1) is 6.58 Å². The molecular formula is C15H22O.